The van der Waals surface area contributed by atoms with Crippen LogP contribution in [0.4, 0.5) is 17.3 Å². The van der Waals surface area contributed by atoms with Gasteiger partial charge in [-0.05, 0) is 61.9 Å². The normalized spacial score (nSPS) is 10.1. The summed E-state index contributed by atoms with van der Waals surface area (Å²) in [7, 11) is 1.59. The van der Waals surface area contributed by atoms with Gasteiger partial charge in [-0.3, -0.25) is 4.79 Å². The first-order valence-corrected chi connectivity index (χ1v) is 8.57. The van der Waals surface area contributed by atoms with Crippen LogP contribution in [0.15, 0.2) is 48.5 Å². The first kappa shape index (κ1) is 18.9. The lowest BCUT2D eigenvalue weighted by molar-refractivity contribution is 0.102. The second-order valence-electron chi connectivity index (χ2n) is 6.19. The van der Waals surface area contributed by atoms with E-state index in [-0.39, 0.29) is 11.6 Å². The standard InChI is InChI=1S/C21H19N5O2/c1-13-4-9-19(28-3)17(10-13)25-21-23-14(2)11-18(26-21)20(27)24-16-7-5-15(12-22)6-8-16/h4-11H,1-3H3,(H,24,27)(H,23,25,26). The number of methoxy groups -OCH3 is 1. The van der Waals surface area contributed by atoms with Crippen molar-refractivity contribution in [1.82, 2.24) is 9.97 Å². The van der Waals surface area contributed by atoms with E-state index in [1.54, 1.807) is 44.4 Å². The molecule has 0 spiro atoms. The summed E-state index contributed by atoms with van der Waals surface area (Å²) in [5, 5.41) is 14.7. The molecule has 0 saturated heterocycles. The number of hydrogen-bond acceptors (Lipinski definition) is 6. The summed E-state index contributed by atoms with van der Waals surface area (Å²) < 4.78 is 5.36. The molecule has 0 fully saturated rings. The molecule has 0 atom stereocenters. The fourth-order valence-corrected chi connectivity index (χ4v) is 2.60. The van der Waals surface area contributed by atoms with Gasteiger partial charge in [-0.2, -0.15) is 5.26 Å². The third-order valence-corrected chi connectivity index (χ3v) is 3.96. The van der Waals surface area contributed by atoms with E-state index in [4.69, 9.17) is 10.00 Å². The van der Waals surface area contributed by atoms with Crippen LogP contribution in [0.25, 0.3) is 0 Å². The van der Waals surface area contributed by atoms with E-state index in [9.17, 15) is 4.79 Å². The van der Waals surface area contributed by atoms with Crippen LogP contribution in [0, 0.1) is 25.2 Å². The summed E-state index contributed by atoms with van der Waals surface area (Å²) in [5.41, 5.74) is 3.74. The lowest BCUT2D eigenvalue weighted by Crippen LogP contribution is -2.15. The van der Waals surface area contributed by atoms with Gasteiger partial charge in [0.2, 0.25) is 5.95 Å². The summed E-state index contributed by atoms with van der Waals surface area (Å²) in [6.45, 7) is 3.76. The van der Waals surface area contributed by atoms with Crippen LogP contribution in [0.5, 0.6) is 5.75 Å². The summed E-state index contributed by atoms with van der Waals surface area (Å²) >= 11 is 0. The van der Waals surface area contributed by atoms with Crippen LogP contribution < -0.4 is 15.4 Å². The SMILES string of the molecule is COc1ccc(C)cc1Nc1nc(C)cc(C(=O)Nc2ccc(C#N)cc2)n1. The monoisotopic (exact) mass is 373 g/mol. The molecule has 0 aliphatic heterocycles. The minimum atomic E-state index is -0.366. The highest BCUT2D eigenvalue weighted by Crippen LogP contribution is 2.27. The van der Waals surface area contributed by atoms with Crippen molar-refractivity contribution >= 4 is 23.2 Å². The molecule has 1 aromatic heterocycles. The number of hydrogen-bond donors (Lipinski definition) is 2. The fourth-order valence-electron chi connectivity index (χ4n) is 2.60. The van der Waals surface area contributed by atoms with Gasteiger partial charge in [-0.25, -0.2) is 9.97 Å². The third-order valence-electron chi connectivity index (χ3n) is 3.96. The number of benzene rings is 2. The molecular weight excluding hydrogens is 354 g/mol. The largest absolute Gasteiger partial charge is 0.495 e. The fraction of sp³-hybridized carbons (Fsp3) is 0.143. The number of nitrogens with zero attached hydrogens (tertiary/aromatic N) is 3. The molecule has 28 heavy (non-hydrogen) atoms. The highest BCUT2D eigenvalue weighted by atomic mass is 16.5. The van der Waals surface area contributed by atoms with Crippen molar-refractivity contribution in [2.45, 2.75) is 13.8 Å². The van der Waals surface area contributed by atoms with Crippen molar-refractivity contribution in [3.05, 3.63) is 71.0 Å². The van der Waals surface area contributed by atoms with Crippen molar-refractivity contribution < 1.29 is 9.53 Å². The average molecular weight is 373 g/mol. The third kappa shape index (κ3) is 4.43. The van der Waals surface area contributed by atoms with Crippen LogP contribution in [-0.4, -0.2) is 23.0 Å². The van der Waals surface area contributed by atoms with Crippen LogP contribution in [0.2, 0.25) is 0 Å². The van der Waals surface area contributed by atoms with E-state index in [1.165, 1.54) is 0 Å². The van der Waals surface area contributed by atoms with Gasteiger partial charge in [0.15, 0.2) is 0 Å². The summed E-state index contributed by atoms with van der Waals surface area (Å²) in [6, 6.07) is 16.0. The minimum absolute atomic E-state index is 0.228. The summed E-state index contributed by atoms with van der Waals surface area (Å²) in [6.07, 6.45) is 0. The molecule has 3 rings (SSSR count). The predicted octanol–water partition coefficient (Wildman–Crippen LogP) is 3.97. The zero-order chi connectivity index (χ0) is 20.1. The number of amides is 1. The zero-order valence-electron chi connectivity index (χ0n) is 15.8. The molecule has 7 nitrogen and oxygen atoms in total. The maximum absolute atomic E-state index is 12.6. The lowest BCUT2D eigenvalue weighted by Gasteiger charge is -2.12. The van der Waals surface area contributed by atoms with Crippen LogP contribution in [-0.2, 0) is 0 Å². The van der Waals surface area contributed by atoms with Gasteiger partial charge in [0.1, 0.15) is 11.4 Å². The van der Waals surface area contributed by atoms with E-state index in [0.717, 1.165) is 5.56 Å². The van der Waals surface area contributed by atoms with Gasteiger partial charge in [0.05, 0.1) is 24.4 Å². The smallest absolute Gasteiger partial charge is 0.274 e. The number of aromatic nitrogens is 2. The van der Waals surface area contributed by atoms with Crippen molar-refractivity contribution in [1.29, 1.82) is 5.26 Å². The van der Waals surface area contributed by atoms with Crippen LogP contribution in [0.3, 0.4) is 0 Å². The molecule has 0 saturated carbocycles. The number of anilines is 3. The van der Waals surface area contributed by atoms with E-state index in [2.05, 4.69) is 20.6 Å². The molecule has 0 aliphatic rings. The average Bonchev–Trinajstić information content (AvgIpc) is 2.68. The Balaban J connectivity index is 1.83. The number of nitrogens with one attached hydrogen (secondary N) is 2. The lowest BCUT2D eigenvalue weighted by atomic mass is 10.2. The molecule has 2 aromatic carbocycles. The molecule has 7 heteroatoms. The second-order valence-corrected chi connectivity index (χ2v) is 6.19. The van der Waals surface area contributed by atoms with Crippen molar-refractivity contribution in [2.75, 3.05) is 17.7 Å². The van der Waals surface area contributed by atoms with Gasteiger partial charge in [0.25, 0.3) is 5.91 Å². The zero-order valence-corrected chi connectivity index (χ0v) is 15.8. The predicted molar refractivity (Wildman–Crippen MR) is 107 cm³/mol. The molecule has 140 valence electrons. The van der Waals surface area contributed by atoms with Gasteiger partial charge >= 0.3 is 0 Å². The maximum atomic E-state index is 12.6. The van der Waals surface area contributed by atoms with E-state index >= 15 is 0 Å². The Bertz CT molecular complexity index is 1060. The Morgan fingerprint density at radius 1 is 1.07 bits per heavy atom. The number of rotatable bonds is 5. The van der Waals surface area contributed by atoms with E-state index in [1.807, 2.05) is 31.2 Å². The number of aryl methyl sites for hydroxylation is 2. The number of carbonyl (C=O) groups excluding carboxylic acids is 1. The quantitative estimate of drug-likeness (QED) is 0.702. The first-order chi connectivity index (χ1) is 13.5. The van der Waals surface area contributed by atoms with E-state index in [0.29, 0.717) is 34.3 Å². The molecule has 1 amide bonds. The van der Waals surface area contributed by atoms with Crippen molar-refractivity contribution in [3.8, 4) is 11.8 Å². The van der Waals surface area contributed by atoms with Gasteiger partial charge in [-0.1, -0.05) is 6.07 Å². The highest BCUT2D eigenvalue weighted by Gasteiger charge is 2.13. The first-order valence-electron chi connectivity index (χ1n) is 8.57. The Kier molecular flexibility index (Phi) is 5.51. The van der Waals surface area contributed by atoms with Crippen molar-refractivity contribution in [3.63, 3.8) is 0 Å². The van der Waals surface area contributed by atoms with E-state index < -0.39 is 0 Å². The molecule has 0 aliphatic carbocycles. The topological polar surface area (TPSA) is 99.9 Å². The minimum Gasteiger partial charge on any atom is -0.495 e. The Labute approximate surface area is 163 Å². The number of nitriles is 1. The van der Waals surface area contributed by atoms with Gasteiger partial charge in [0, 0.05) is 11.4 Å². The molecule has 0 radical (unpaired) electrons. The molecule has 1 heterocycles. The highest BCUT2D eigenvalue weighted by molar-refractivity contribution is 6.03. The molecular formula is C21H19N5O2. The maximum Gasteiger partial charge on any atom is 0.274 e. The van der Waals surface area contributed by atoms with Gasteiger partial charge < -0.3 is 15.4 Å². The van der Waals surface area contributed by atoms with Crippen molar-refractivity contribution in [2.24, 2.45) is 0 Å². The number of carbonyl (C=O) groups is 1. The Morgan fingerprint density at radius 2 is 1.82 bits per heavy atom. The summed E-state index contributed by atoms with van der Waals surface area (Å²) in [5.74, 6) is 0.586. The number of ether oxygens (including phenoxy) is 1. The Hall–Kier alpha value is -3.92. The Morgan fingerprint density at radius 3 is 2.50 bits per heavy atom. The molecule has 3 aromatic rings. The second kappa shape index (κ2) is 8.18. The van der Waals surface area contributed by atoms with Crippen LogP contribution in [0.1, 0.15) is 27.3 Å². The molecule has 0 unspecified atom stereocenters. The molecule has 0 bridgehead atoms. The summed E-state index contributed by atoms with van der Waals surface area (Å²) in [4.78, 5) is 21.3. The van der Waals surface area contributed by atoms with Crippen LogP contribution >= 0.6 is 0 Å². The van der Waals surface area contributed by atoms with Gasteiger partial charge in [-0.15, -0.1) is 0 Å². The molecule has 2 N–H and O–H groups in total.